The van der Waals surface area contributed by atoms with E-state index in [-0.39, 0.29) is 5.91 Å². The number of amides is 1. The van der Waals surface area contributed by atoms with E-state index in [0.717, 1.165) is 28.3 Å². The number of carbonyl (C=O) groups excluding carboxylic acids is 1. The van der Waals surface area contributed by atoms with Crippen LogP contribution in [0.2, 0.25) is 5.02 Å². The molecule has 0 fully saturated rings. The van der Waals surface area contributed by atoms with Gasteiger partial charge in [-0.2, -0.15) is 0 Å². The molecule has 4 nitrogen and oxygen atoms in total. The van der Waals surface area contributed by atoms with Gasteiger partial charge in [0.2, 0.25) is 0 Å². The highest BCUT2D eigenvalue weighted by molar-refractivity contribution is 7.22. The number of aryl methyl sites for hydroxylation is 1. The van der Waals surface area contributed by atoms with Crippen LogP contribution in [0.1, 0.15) is 22.8 Å². The van der Waals surface area contributed by atoms with Crippen LogP contribution >= 0.6 is 22.9 Å². The van der Waals surface area contributed by atoms with Gasteiger partial charge in [-0.25, -0.2) is 4.98 Å². The second-order valence-electron chi connectivity index (χ2n) is 6.42. The molecular formula is C20H22ClN3OS. The Morgan fingerprint density at radius 2 is 1.96 bits per heavy atom. The van der Waals surface area contributed by atoms with E-state index in [1.165, 1.54) is 5.56 Å². The average molecular weight is 388 g/mol. The topological polar surface area (TPSA) is 36.4 Å². The van der Waals surface area contributed by atoms with E-state index in [0.29, 0.717) is 17.1 Å². The average Bonchev–Trinajstić information content (AvgIpc) is 3.04. The van der Waals surface area contributed by atoms with Crippen LogP contribution in [-0.2, 0) is 6.42 Å². The van der Waals surface area contributed by atoms with Crippen molar-refractivity contribution in [3.05, 3.63) is 58.6 Å². The lowest BCUT2D eigenvalue weighted by atomic mass is 10.2. The Labute approximate surface area is 163 Å². The second kappa shape index (κ2) is 8.16. The summed E-state index contributed by atoms with van der Waals surface area (Å²) in [6.45, 7) is 3.45. The van der Waals surface area contributed by atoms with Gasteiger partial charge >= 0.3 is 0 Å². The molecule has 1 heterocycles. The Kier molecular flexibility index (Phi) is 5.91. The van der Waals surface area contributed by atoms with Gasteiger partial charge in [-0.15, -0.1) is 0 Å². The number of nitrogens with zero attached hydrogens (tertiary/aromatic N) is 3. The van der Waals surface area contributed by atoms with Crippen LogP contribution in [0.5, 0.6) is 0 Å². The van der Waals surface area contributed by atoms with Crippen LogP contribution in [0, 0.1) is 0 Å². The first-order valence-electron chi connectivity index (χ1n) is 8.59. The first-order valence-corrected chi connectivity index (χ1v) is 9.79. The third kappa shape index (κ3) is 4.23. The Morgan fingerprint density at radius 3 is 2.65 bits per heavy atom. The number of thiazole rings is 1. The monoisotopic (exact) mass is 387 g/mol. The number of likely N-dealkylation sites (N-methyl/N-ethyl adjacent to an activating group) is 1. The van der Waals surface area contributed by atoms with Crippen molar-refractivity contribution in [1.82, 2.24) is 9.88 Å². The summed E-state index contributed by atoms with van der Waals surface area (Å²) >= 11 is 7.63. The molecule has 1 aromatic heterocycles. The number of hydrogen-bond donors (Lipinski definition) is 0. The van der Waals surface area contributed by atoms with Crippen LogP contribution in [0.3, 0.4) is 0 Å². The highest BCUT2D eigenvalue weighted by Crippen LogP contribution is 2.30. The number of benzene rings is 2. The first kappa shape index (κ1) is 18.8. The fourth-order valence-corrected chi connectivity index (χ4v) is 3.90. The van der Waals surface area contributed by atoms with E-state index in [1.54, 1.807) is 40.5 Å². The lowest BCUT2D eigenvalue weighted by Crippen LogP contribution is -2.36. The molecule has 0 aliphatic rings. The van der Waals surface area contributed by atoms with E-state index in [4.69, 9.17) is 16.6 Å². The number of fused-ring (bicyclic) bond motifs is 1. The minimum absolute atomic E-state index is 0.0795. The molecule has 1 amide bonds. The Morgan fingerprint density at radius 1 is 1.15 bits per heavy atom. The molecule has 0 unspecified atom stereocenters. The smallest absolute Gasteiger partial charge is 0.260 e. The minimum atomic E-state index is -0.0795. The molecular weight excluding hydrogens is 366 g/mol. The quantitative estimate of drug-likeness (QED) is 0.614. The summed E-state index contributed by atoms with van der Waals surface area (Å²) in [7, 11) is 3.99. The zero-order valence-electron chi connectivity index (χ0n) is 15.2. The summed E-state index contributed by atoms with van der Waals surface area (Å²) in [5.41, 5.74) is 2.77. The van der Waals surface area contributed by atoms with Gasteiger partial charge in [0.25, 0.3) is 5.91 Å². The van der Waals surface area contributed by atoms with Crippen molar-refractivity contribution in [1.29, 1.82) is 0 Å². The van der Waals surface area contributed by atoms with Crippen molar-refractivity contribution in [2.24, 2.45) is 0 Å². The van der Waals surface area contributed by atoms with Crippen molar-refractivity contribution in [2.75, 3.05) is 32.1 Å². The number of rotatable bonds is 6. The molecule has 0 saturated carbocycles. The molecule has 3 rings (SSSR count). The molecule has 0 aliphatic heterocycles. The van der Waals surface area contributed by atoms with Crippen LogP contribution in [0.4, 0.5) is 5.13 Å². The normalized spacial score (nSPS) is 11.3. The number of halogens is 1. The molecule has 0 spiro atoms. The molecule has 0 N–H and O–H groups in total. The molecule has 0 radical (unpaired) electrons. The maximum Gasteiger partial charge on any atom is 0.260 e. The predicted octanol–water partition coefficient (Wildman–Crippen LogP) is 4.72. The maximum absolute atomic E-state index is 13.1. The van der Waals surface area contributed by atoms with E-state index in [2.05, 4.69) is 24.0 Å². The van der Waals surface area contributed by atoms with Gasteiger partial charge in [0.15, 0.2) is 5.13 Å². The highest BCUT2D eigenvalue weighted by atomic mass is 35.5. The van der Waals surface area contributed by atoms with Gasteiger partial charge in [0.1, 0.15) is 0 Å². The maximum atomic E-state index is 13.1. The lowest BCUT2D eigenvalue weighted by molar-refractivity contribution is 0.0985. The van der Waals surface area contributed by atoms with Gasteiger partial charge in [-0.3, -0.25) is 9.69 Å². The van der Waals surface area contributed by atoms with E-state index in [1.807, 2.05) is 20.2 Å². The van der Waals surface area contributed by atoms with Gasteiger partial charge in [-0.1, -0.05) is 42.0 Å². The van der Waals surface area contributed by atoms with Gasteiger partial charge < -0.3 is 4.90 Å². The summed E-state index contributed by atoms with van der Waals surface area (Å²) in [6.07, 6.45) is 0.981. The van der Waals surface area contributed by atoms with Crippen molar-refractivity contribution in [2.45, 2.75) is 13.3 Å². The molecule has 0 atom stereocenters. The molecule has 136 valence electrons. The zero-order valence-corrected chi connectivity index (χ0v) is 16.8. The van der Waals surface area contributed by atoms with Crippen molar-refractivity contribution >= 4 is 44.2 Å². The van der Waals surface area contributed by atoms with Crippen LogP contribution < -0.4 is 4.90 Å². The van der Waals surface area contributed by atoms with Crippen LogP contribution in [-0.4, -0.2) is 43.0 Å². The minimum Gasteiger partial charge on any atom is -0.308 e. The van der Waals surface area contributed by atoms with Gasteiger partial charge in [-0.05, 0) is 56.4 Å². The fourth-order valence-electron chi connectivity index (χ4n) is 2.65. The van der Waals surface area contributed by atoms with E-state index in [9.17, 15) is 4.79 Å². The number of hydrogen-bond acceptors (Lipinski definition) is 4. The van der Waals surface area contributed by atoms with Crippen LogP contribution in [0.15, 0.2) is 42.5 Å². The summed E-state index contributed by atoms with van der Waals surface area (Å²) < 4.78 is 1.10. The van der Waals surface area contributed by atoms with Crippen molar-refractivity contribution in [3.8, 4) is 0 Å². The standard InChI is InChI=1S/C20H22ClN3OS/c1-4-14-8-9-17-18(12-14)26-20(22-17)24(11-10-23(2)3)19(25)15-6-5-7-16(21)13-15/h5-9,12-13H,4,10-11H2,1-3H3. The summed E-state index contributed by atoms with van der Waals surface area (Å²) in [6, 6.07) is 13.3. The SMILES string of the molecule is CCc1ccc2nc(N(CCN(C)C)C(=O)c3cccc(Cl)c3)sc2c1. The van der Waals surface area contributed by atoms with Crippen molar-refractivity contribution in [3.63, 3.8) is 0 Å². The number of carbonyl (C=O) groups is 1. The molecule has 0 bridgehead atoms. The van der Waals surface area contributed by atoms with E-state index < -0.39 is 0 Å². The Balaban J connectivity index is 1.98. The molecule has 0 aliphatic carbocycles. The van der Waals surface area contributed by atoms with Gasteiger partial charge in [0, 0.05) is 23.7 Å². The summed E-state index contributed by atoms with van der Waals surface area (Å²) in [4.78, 5) is 21.6. The molecule has 26 heavy (non-hydrogen) atoms. The summed E-state index contributed by atoms with van der Waals surface area (Å²) in [5.74, 6) is -0.0795. The largest absolute Gasteiger partial charge is 0.308 e. The van der Waals surface area contributed by atoms with Crippen LogP contribution in [0.25, 0.3) is 10.2 Å². The van der Waals surface area contributed by atoms with Gasteiger partial charge in [0.05, 0.1) is 10.2 Å². The number of anilines is 1. The summed E-state index contributed by atoms with van der Waals surface area (Å²) in [5, 5.41) is 1.28. The van der Waals surface area contributed by atoms with E-state index >= 15 is 0 Å². The molecule has 3 aromatic rings. The Bertz CT molecular complexity index is 922. The lowest BCUT2D eigenvalue weighted by Gasteiger charge is -2.22. The zero-order chi connectivity index (χ0) is 18.7. The molecule has 0 saturated heterocycles. The third-order valence-corrected chi connectivity index (χ3v) is 5.44. The second-order valence-corrected chi connectivity index (χ2v) is 7.87. The molecule has 6 heteroatoms. The predicted molar refractivity (Wildman–Crippen MR) is 111 cm³/mol. The fraction of sp³-hybridized carbons (Fsp3) is 0.300. The number of aromatic nitrogens is 1. The Hall–Kier alpha value is -1.95. The highest BCUT2D eigenvalue weighted by Gasteiger charge is 2.21. The first-order chi connectivity index (χ1) is 12.5. The van der Waals surface area contributed by atoms with Crippen molar-refractivity contribution < 1.29 is 4.79 Å². The molecule has 2 aromatic carbocycles. The third-order valence-electron chi connectivity index (χ3n) is 4.17.